The van der Waals surface area contributed by atoms with Crippen LogP contribution in [0.15, 0.2) is 48.5 Å². The van der Waals surface area contributed by atoms with Crippen molar-refractivity contribution in [1.29, 1.82) is 0 Å². The zero-order chi connectivity index (χ0) is 19.4. The minimum Gasteiger partial charge on any atom is -0.350 e. The maximum Gasteiger partial charge on any atom is 0.274 e. The molecule has 0 saturated carbocycles. The van der Waals surface area contributed by atoms with Gasteiger partial charge in [-0.15, -0.1) is 0 Å². The number of nitrogens with one attached hydrogen (secondary N) is 2. The van der Waals surface area contributed by atoms with Crippen molar-refractivity contribution < 1.29 is 4.79 Å². The van der Waals surface area contributed by atoms with Crippen LogP contribution in [0.1, 0.15) is 38.4 Å². The van der Waals surface area contributed by atoms with Crippen molar-refractivity contribution in [3.05, 3.63) is 82.2 Å². The second kappa shape index (κ2) is 7.99. The van der Waals surface area contributed by atoms with Gasteiger partial charge < -0.3 is 10.6 Å². The lowest BCUT2D eigenvalue weighted by molar-refractivity contribution is 0.102. The predicted molar refractivity (Wildman–Crippen MR) is 109 cm³/mol. The molecule has 27 heavy (non-hydrogen) atoms. The molecule has 0 fully saturated rings. The average Bonchev–Trinajstić information content (AvgIpc) is 2.64. The Hall–Kier alpha value is -3.21. The van der Waals surface area contributed by atoms with Gasteiger partial charge in [-0.05, 0) is 56.5 Å². The average molecular weight is 360 g/mol. The monoisotopic (exact) mass is 360 g/mol. The van der Waals surface area contributed by atoms with Crippen LogP contribution in [0, 0.1) is 27.7 Å². The molecule has 3 aromatic rings. The summed E-state index contributed by atoms with van der Waals surface area (Å²) in [6, 6.07) is 15.8. The lowest BCUT2D eigenvalue weighted by Gasteiger charge is -2.11. The topological polar surface area (TPSA) is 66.9 Å². The highest BCUT2D eigenvalue weighted by atomic mass is 16.1. The Kier molecular flexibility index (Phi) is 5.50. The Morgan fingerprint density at radius 1 is 0.963 bits per heavy atom. The Labute approximate surface area is 159 Å². The van der Waals surface area contributed by atoms with Crippen molar-refractivity contribution in [3.8, 4) is 0 Å². The molecule has 5 heteroatoms. The number of anilines is 2. The summed E-state index contributed by atoms with van der Waals surface area (Å²) < 4.78 is 0. The van der Waals surface area contributed by atoms with Gasteiger partial charge in [-0.2, -0.15) is 0 Å². The van der Waals surface area contributed by atoms with Gasteiger partial charge in [0.2, 0.25) is 5.95 Å². The fourth-order valence-electron chi connectivity index (χ4n) is 2.72. The molecule has 3 rings (SSSR count). The lowest BCUT2D eigenvalue weighted by atomic mass is 10.1. The Morgan fingerprint density at radius 2 is 1.70 bits per heavy atom. The molecule has 1 amide bonds. The van der Waals surface area contributed by atoms with Crippen LogP contribution >= 0.6 is 0 Å². The third kappa shape index (κ3) is 4.70. The van der Waals surface area contributed by atoms with Gasteiger partial charge in [0.1, 0.15) is 5.69 Å². The molecule has 0 aliphatic heterocycles. The Balaban J connectivity index is 1.75. The van der Waals surface area contributed by atoms with Gasteiger partial charge in [-0.3, -0.25) is 4.79 Å². The van der Waals surface area contributed by atoms with Crippen LogP contribution in [0.5, 0.6) is 0 Å². The van der Waals surface area contributed by atoms with Crippen LogP contribution in [-0.2, 0) is 6.54 Å². The predicted octanol–water partition coefficient (Wildman–Crippen LogP) is 4.57. The molecule has 138 valence electrons. The van der Waals surface area contributed by atoms with E-state index >= 15 is 0 Å². The first-order chi connectivity index (χ1) is 12.9. The van der Waals surface area contributed by atoms with Crippen LogP contribution in [0.4, 0.5) is 11.6 Å². The lowest BCUT2D eigenvalue weighted by Crippen LogP contribution is -2.17. The highest BCUT2D eigenvalue weighted by molar-refractivity contribution is 6.03. The van der Waals surface area contributed by atoms with E-state index in [0.717, 1.165) is 28.1 Å². The van der Waals surface area contributed by atoms with Gasteiger partial charge in [0, 0.05) is 17.9 Å². The number of benzene rings is 2. The van der Waals surface area contributed by atoms with Crippen LogP contribution in [-0.4, -0.2) is 15.9 Å². The van der Waals surface area contributed by atoms with E-state index in [1.165, 1.54) is 5.56 Å². The highest BCUT2D eigenvalue weighted by Gasteiger charge is 2.12. The van der Waals surface area contributed by atoms with Crippen molar-refractivity contribution in [2.75, 3.05) is 10.6 Å². The summed E-state index contributed by atoms with van der Waals surface area (Å²) in [5.41, 5.74) is 6.41. The first kappa shape index (κ1) is 18.6. The summed E-state index contributed by atoms with van der Waals surface area (Å²) >= 11 is 0. The minimum absolute atomic E-state index is 0.243. The fraction of sp³-hybridized carbons (Fsp3) is 0.227. The van der Waals surface area contributed by atoms with E-state index in [0.29, 0.717) is 18.2 Å². The number of aromatic nitrogens is 2. The van der Waals surface area contributed by atoms with Crippen LogP contribution in [0.2, 0.25) is 0 Å². The number of carbonyl (C=O) groups excluding carboxylic acids is 1. The molecule has 0 aliphatic carbocycles. The molecule has 2 N–H and O–H groups in total. The molecule has 0 radical (unpaired) electrons. The first-order valence-electron chi connectivity index (χ1n) is 8.95. The number of hydrogen-bond acceptors (Lipinski definition) is 4. The van der Waals surface area contributed by atoms with Crippen molar-refractivity contribution in [2.45, 2.75) is 34.2 Å². The summed E-state index contributed by atoms with van der Waals surface area (Å²) in [6.07, 6.45) is 0. The van der Waals surface area contributed by atoms with Crippen LogP contribution in [0.25, 0.3) is 0 Å². The summed E-state index contributed by atoms with van der Waals surface area (Å²) in [7, 11) is 0. The van der Waals surface area contributed by atoms with Gasteiger partial charge >= 0.3 is 0 Å². The Morgan fingerprint density at radius 3 is 2.44 bits per heavy atom. The normalized spacial score (nSPS) is 10.5. The molecule has 2 aromatic carbocycles. The molecule has 1 aromatic heterocycles. The number of aryl methyl sites for hydroxylation is 3. The van der Waals surface area contributed by atoms with E-state index in [9.17, 15) is 4.79 Å². The summed E-state index contributed by atoms with van der Waals surface area (Å²) in [5, 5.41) is 6.14. The van der Waals surface area contributed by atoms with Gasteiger partial charge in [-0.1, -0.05) is 42.0 Å². The van der Waals surface area contributed by atoms with E-state index in [1.807, 2.05) is 39.0 Å². The highest BCUT2D eigenvalue weighted by Crippen LogP contribution is 2.19. The summed E-state index contributed by atoms with van der Waals surface area (Å²) in [6.45, 7) is 8.52. The van der Waals surface area contributed by atoms with Gasteiger partial charge in [0.15, 0.2) is 0 Å². The molecular weight excluding hydrogens is 336 g/mol. The quantitative estimate of drug-likeness (QED) is 0.699. The molecule has 0 saturated heterocycles. The van der Waals surface area contributed by atoms with Crippen LogP contribution < -0.4 is 10.6 Å². The second-order valence-electron chi connectivity index (χ2n) is 6.76. The van der Waals surface area contributed by atoms with E-state index in [2.05, 4.69) is 51.8 Å². The van der Waals surface area contributed by atoms with E-state index < -0.39 is 0 Å². The van der Waals surface area contributed by atoms with E-state index in [4.69, 9.17) is 0 Å². The third-order valence-corrected chi connectivity index (χ3v) is 4.51. The molecule has 0 aliphatic rings. The smallest absolute Gasteiger partial charge is 0.274 e. The fourth-order valence-corrected chi connectivity index (χ4v) is 2.72. The molecule has 0 spiro atoms. The largest absolute Gasteiger partial charge is 0.350 e. The molecular formula is C22H24N4O. The Bertz CT molecular complexity index is 965. The number of amides is 1. The SMILES string of the molecule is Cc1ccc(CNc2nc(C)cc(C(=O)Nc3cccc(C)c3C)n2)cc1. The van der Waals surface area contributed by atoms with Crippen molar-refractivity contribution in [2.24, 2.45) is 0 Å². The standard InChI is InChI=1S/C22H24N4O/c1-14-8-10-18(11-9-14)13-23-22-24-16(3)12-20(26-22)21(27)25-19-7-5-6-15(2)17(19)4/h5-12H,13H2,1-4H3,(H,25,27)(H,23,24,26). The zero-order valence-electron chi connectivity index (χ0n) is 16.1. The van der Waals surface area contributed by atoms with Gasteiger partial charge in [-0.25, -0.2) is 9.97 Å². The van der Waals surface area contributed by atoms with Crippen molar-refractivity contribution >= 4 is 17.5 Å². The number of nitrogens with zero attached hydrogens (tertiary/aromatic N) is 2. The molecule has 0 unspecified atom stereocenters. The molecule has 5 nitrogen and oxygen atoms in total. The minimum atomic E-state index is -0.243. The maximum atomic E-state index is 12.7. The van der Waals surface area contributed by atoms with Crippen LogP contribution in [0.3, 0.4) is 0 Å². The molecule has 0 atom stereocenters. The number of hydrogen-bond donors (Lipinski definition) is 2. The second-order valence-corrected chi connectivity index (χ2v) is 6.76. The zero-order valence-corrected chi connectivity index (χ0v) is 16.1. The summed E-state index contributed by atoms with van der Waals surface area (Å²) in [4.78, 5) is 21.4. The van der Waals surface area contributed by atoms with Gasteiger partial charge in [0.25, 0.3) is 5.91 Å². The maximum absolute atomic E-state index is 12.7. The van der Waals surface area contributed by atoms with E-state index in [-0.39, 0.29) is 5.91 Å². The summed E-state index contributed by atoms with van der Waals surface area (Å²) in [5.74, 6) is 0.203. The van der Waals surface area contributed by atoms with Crippen molar-refractivity contribution in [3.63, 3.8) is 0 Å². The van der Waals surface area contributed by atoms with Crippen molar-refractivity contribution in [1.82, 2.24) is 9.97 Å². The third-order valence-electron chi connectivity index (χ3n) is 4.51. The molecule has 0 bridgehead atoms. The van der Waals surface area contributed by atoms with E-state index in [1.54, 1.807) is 6.07 Å². The molecule has 1 heterocycles. The van der Waals surface area contributed by atoms with Gasteiger partial charge in [0.05, 0.1) is 0 Å². The number of rotatable bonds is 5. The first-order valence-corrected chi connectivity index (χ1v) is 8.95. The number of carbonyl (C=O) groups is 1.